The normalized spacial score (nSPS) is 20.6. The molecule has 0 aromatic heterocycles. The van der Waals surface area contributed by atoms with Crippen molar-refractivity contribution in [3.05, 3.63) is 35.4 Å². The van der Waals surface area contributed by atoms with E-state index in [2.05, 4.69) is 6.92 Å². The van der Waals surface area contributed by atoms with Crippen molar-refractivity contribution in [1.29, 1.82) is 0 Å². The first-order chi connectivity index (χ1) is 9.10. The van der Waals surface area contributed by atoms with Gasteiger partial charge in [0.15, 0.2) is 0 Å². The molecule has 2 rings (SSSR count). The van der Waals surface area contributed by atoms with E-state index in [1.54, 1.807) is 13.0 Å². The van der Waals surface area contributed by atoms with Crippen LogP contribution in [0.1, 0.15) is 31.4 Å². The summed E-state index contributed by atoms with van der Waals surface area (Å²) in [6.45, 7) is 3.95. The lowest BCUT2D eigenvalue weighted by Gasteiger charge is -2.29. The number of para-hydroxylation sites is 1. The second-order valence-corrected chi connectivity index (χ2v) is 4.44. The van der Waals surface area contributed by atoms with Crippen molar-refractivity contribution in [3.63, 3.8) is 0 Å². The van der Waals surface area contributed by atoms with E-state index >= 15 is 0 Å². The minimum absolute atomic E-state index is 0.196. The average Bonchev–Trinajstić information content (AvgIpc) is 2.40. The molecule has 1 aromatic carbocycles. The third-order valence-electron chi connectivity index (χ3n) is 2.96. The summed E-state index contributed by atoms with van der Waals surface area (Å²) >= 11 is 0. The van der Waals surface area contributed by atoms with Crippen molar-refractivity contribution in [2.24, 2.45) is 0 Å². The molecule has 0 bridgehead atoms. The highest BCUT2D eigenvalue weighted by molar-refractivity contribution is 5.83. The second-order valence-electron chi connectivity index (χ2n) is 4.44. The molecule has 102 valence electrons. The Morgan fingerprint density at radius 3 is 2.89 bits per heavy atom. The van der Waals surface area contributed by atoms with Crippen LogP contribution in [0.2, 0.25) is 0 Å². The highest BCUT2D eigenvalue weighted by Crippen LogP contribution is 2.34. The second kappa shape index (κ2) is 5.45. The first kappa shape index (κ1) is 13.6. The topological polar surface area (TPSA) is 55.8 Å². The van der Waals surface area contributed by atoms with Gasteiger partial charge in [-0.3, -0.25) is 0 Å². The number of esters is 1. The van der Waals surface area contributed by atoms with Crippen LogP contribution in [0.4, 0.5) is 0 Å². The molecule has 1 aliphatic heterocycles. The van der Waals surface area contributed by atoms with Crippen molar-refractivity contribution in [2.75, 3.05) is 6.61 Å². The molecule has 1 N–H and O–H groups in total. The highest BCUT2D eigenvalue weighted by Gasteiger charge is 2.40. The average molecular weight is 262 g/mol. The van der Waals surface area contributed by atoms with E-state index in [0.29, 0.717) is 5.75 Å². The standard InChI is InChI=1S/C15H18O4/c1-3-6-11-7-5-8-12-9-10-15(17,19-13(11)12)14(16)18-4-2/h5,7-10,17H,3-4,6H2,1-2H3. The predicted molar refractivity (Wildman–Crippen MR) is 71.7 cm³/mol. The molecule has 0 fully saturated rings. The van der Waals surface area contributed by atoms with E-state index in [4.69, 9.17) is 9.47 Å². The van der Waals surface area contributed by atoms with E-state index < -0.39 is 11.8 Å². The van der Waals surface area contributed by atoms with Gasteiger partial charge in [0.05, 0.1) is 6.61 Å². The fourth-order valence-electron chi connectivity index (χ4n) is 2.06. The van der Waals surface area contributed by atoms with Crippen LogP contribution in [-0.2, 0) is 16.0 Å². The van der Waals surface area contributed by atoms with Crippen LogP contribution >= 0.6 is 0 Å². The summed E-state index contributed by atoms with van der Waals surface area (Å²) in [6, 6.07) is 5.76. The largest absolute Gasteiger partial charge is 0.461 e. The number of hydrogen-bond donors (Lipinski definition) is 1. The maximum atomic E-state index is 11.8. The van der Waals surface area contributed by atoms with Crippen molar-refractivity contribution >= 4 is 12.0 Å². The van der Waals surface area contributed by atoms with Gasteiger partial charge in [-0.25, -0.2) is 4.79 Å². The van der Waals surface area contributed by atoms with Gasteiger partial charge in [-0.15, -0.1) is 0 Å². The van der Waals surface area contributed by atoms with Crippen LogP contribution in [0.15, 0.2) is 24.3 Å². The zero-order valence-electron chi connectivity index (χ0n) is 11.2. The Morgan fingerprint density at radius 1 is 1.42 bits per heavy atom. The number of ether oxygens (including phenoxy) is 2. The fraction of sp³-hybridized carbons (Fsp3) is 0.400. The molecule has 4 nitrogen and oxygen atoms in total. The van der Waals surface area contributed by atoms with Crippen LogP contribution in [0.25, 0.3) is 6.08 Å². The van der Waals surface area contributed by atoms with Gasteiger partial charge < -0.3 is 14.6 Å². The van der Waals surface area contributed by atoms with Crippen LogP contribution in [0, 0.1) is 0 Å². The Morgan fingerprint density at radius 2 is 2.21 bits per heavy atom. The lowest BCUT2D eigenvalue weighted by molar-refractivity contribution is -0.186. The molecule has 1 aliphatic rings. The highest BCUT2D eigenvalue weighted by atomic mass is 16.7. The van der Waals surface area contributed by atoms with Gasteiger partial charge in [0, 0.05) is 5.56 Å². The van der Waals surface area contributed by atoms with Crippen molar-refractivity contribution in [3.8, 4) is 5.75 Å². The van der Waals surface area contributed by atoms with E-state index in [1.807, 2.05) is 18.2 Å². The number of rotatable bonds is 4. The number of carbonyl (C=O) groups is 1. The first-order valence-corrected chi connectivity index (χ1v) is 6.50. The van der Waals surface area contributed by atoms with E-state index in [-0.39, 0.29) is 6.61 Å². The van der Waals surface area contributed by atoms with Gasteiger partial charge in [0.2, 0.25) is 0 Å². The predicted octanol–water partition coefficient (Wildman–Crippen LogP) is 2.30. The Hall–Kier alpha value is -1.81. The number of aliphatic hydroxyl groups is 1. The molecule has 1 atom stereocenters. The molecule has 1 heterocycles. The van der Waals surface area contributed by atoms with Gasteiger partial charge in [-0.1, -0.05) is 31.5 Å². The summed E-state index contributed by atoms with van der Waals surface area (Å²) < 4.78 is 10.3. The van der Waals surface area contributed by atoms with Gasteiger partial charge >= 0.3 is 11.8 Å². The van der Waals surface area contributed by atoms with E-state index in [0.717, 1.165) is 24.0 Å². The monoisotopic (exact) mass is 262 g/mol. The lowest BCUT2D eigenvalue weighted by Crippen LogP contribution is -2.45. The summed E-state index contributed by atoms with van der Waals surface area (Å²) in [7, 11) is 0. The van der Waals surface area contributed by atoms with Crippen LogP contribution < -0.4 is 4.74 Å². The molecular weight excluding hydrogens is 244 g/mol. The quantitative estimate of drug-likeness (QED) is 0.846. The van der Waals surface area contributed by atoms with Gasteiger partial charge in [-0.2, -0.15) is 0 Å². The van der Waals surface area contributed by atoms with Crippen molar-refractivity contribution < 1.29 is 19.4 Å². The minimum Gasteiger partial charge on any atom is -0.461 e. The van der Waals surface area contributed by atoms with E-state index in [1.165, 1.54) is 6.08 Å². The fourth-order valence-corrected chi connectivity index (χ4v) is 2.06. The summed E-state index contributed by atoms with van der Waals surface area (Å²) in [5.41, 5.74) is 1.84. The summed E-state index contributed by atoms with van der Waals surface area (Å²) in [5.74, 6) is -2.25. The molecule has 0 amide bonds. The SMILES string of the molecule is CCCc1cccc2c1OC(O)(C(=O)OCC)C=C2. The van der Waals surface area contributed by atoms with E-state index in [9.17, 15) is 9.90 Å². The lowest BCUT2D eigenvalue weighted by atomic mass is 10.0. The summed E-state index contributed by atoms with van der Waals surface area (Å²) in [5, 5.41) is 10.2. The van der Waals surface area contributed by atoms with Crippen molar-refractivity contribution in [1.82, 2.24) is 0 Å². The third kappa shape index (κ3) is 2.63. The Bertz CT molecular complexity index is 507. The molecule has 1 aromatic rings. The van der Waals surface area contributed by atoms with Crippen LogP contribution in [0.3, 0.4) is 0 Å². The Balaban J connectivity index is 2.34. The molecule has 0 saturated carbocycles. The molecule has 1 unspecified atom stereocenters. The zero-order chi connectivity index (χ0) is 13.9. The minimum atomic E-state index is -2.02. The first-order valence-electron chi connectivity index (χ1n) is 6.50. The molecule has 0 saturated heterocycles. The molecule has 0 aliphatic carbocycles. The maximum Gasteiger partial charge on any atom is 0.384 e. The summed E-state index contributed by atoms with van der Waals surface area (Å²) in [4.78, 5) is 11.8. The molecule has 19 heavy (non-hydrogen) atoms. The van der Waals surface area contributed by atoms with Crippen LogP contribution in [0.5, 0.6) is 5.75 Å². The zero-order valence-corrected chi connectivity index (χ0v) is 11.2. The smallest absolute Gasteiger partial charge is 0.384 e. The van der Waals surface area contributed by atoms with Gasteiger partial charge in [0.25, 0.3) is 0 Å². The number of benzene rings is 1. The number of carbonyl (C=O) groups excluding carboxylic acids is 1. The van der Waals surface area contributed by atoms with Gasteiger partial charge in [0.1, 0.15) is 5.75 Å². The summed E-state index contributed by atoms with van der Waals surface area (Å²) in [6.07, 6.45) is 4.80. The maximum absolute atomic E-state index is 11.8. The number of fused-ring (bicyclic) bond motifs is 1. The molecule has 4 heteroatoms. The number of aryl methyl sites for hydroxylation is 1. The molecule has 0 spiro atoms. The third-order valence-corrected chi connectivity index (χ3v) is 2.96. The Kier molecular flexibility index (Phi) is 3.90. The van der Waals surface area contributed by atoms with Crippen LogP contribution in [-0.4, -0.2) is 23.5 Å². The molecule has 0 radical (unpaired) electrons. The molecular formula is C15H18O4. The van der Waals surface area contributed by atoms with Gasteiger partial charge in [-0.05, 0) is 31.1 Å². The Labute approximate surface area is 112 Å². The van der Waals surface area contributed by atoms with Crippen molar-refractivity contribution in [2.45, 2.75) is 32.5 Å². The number of hydrogen-bond acceptors (Lipinski definition) is 4.